The highest BCUT2D eigenvalue weighted by Gasteiger charge is 2.35. The number of nitrogens with zero attached hydrogens (tertiary/aromatic N) is 3. The number of rotatable bonds is 6. The van der Waals surface area contributed by atoms with E-state index in [2.05, 4.69) is 5.32 Å². The standard InChI is InChI=1S/C21H22N4O3S2/c1-5-12(2)25-20(27)17(30-21(25)29)9-15-13(3)16(10-22)19(26)24(4)18(15)23-11-14-7-6-8-28-14/h6-9,12,23H,5,11H2,1-4H3/b17-9-. The highest BCUT2D eigenvalue weighted by atomic mass is 32.2. The van der Waals surface area contributed by atoms with Crippen molar-refractivity contribution < 1.29 is 9.21 Å². The van der Waals surface area contributed by atoms with Crippen molar-refractivity contribution in [2.24, 2.45) is 7.05 Å². The van der Waals surface area contributed by atoms with Crippen LogP contribution in [0.15, 0.2) is 32.5 Å². The van der Waals surface area contributed by atoms with Gasteiger partial charge in [0.05, 0.1) is 17.7 Å². The second kappa shape index (κ2) is 8.90. The Kier molecular flexibility index (Phi) is 6.48. The number of thiocarbonyl (C=S) groups is 1. The SMILES string of the molecule is CCC(C)N1C(=O)/C(=C/c2c(C)c(C#N)c(=O)n(C)c2NCc2ccco2)SC1=S. The van der Waals surface area contributed by atoms with Gasteiger partial charge in [0.2, 0.25) is 0 Å². The molecule has 1 aliphatic rings. The van der Waals surface area contributed by atoms with Gasteiger partial charge >= 0.3 is 0 Å². The summed E-state index contributed by atoms with van der Waals surface area (Å²) in [6.45, 7) is 6.01. The number of carbonyl (C=O) groups excluding carboxylic acids is 1. The van der Waals surface area contributed by atoms with Crippen LogP contribution in [0.3, 0.4) is 0 Å². The molecule has 1 aliphatic heterocycles. The first-order valence-corrected chi connectivity index (χ1v) is 10.7. The van der Waals surface area contributed by atoms with Crippen LogP contribution < -0.4 is 10.9 Å². The van der Waals surface area contributed by atoms with Crippen molar-refractivity contribution in [3.05, 3.63) is 56.1 Å². The predicted octanol–water partition coefficient (Wildman–Crippen LogP) is 3.77. The van der Waals surface area contributed by atoms with Crippen LogP contribution in [0.1, 0.15) is 42.7 Å². The number of pyridine rings is 1. The highest BCUT2D eigenvalue weighted by Crippen LogP contribution is 2.36. The summed E-state index contributed by atoms with van der Waals surface area (Å²) in [6, 6.07) is 5.58. The Morgan fingerprint density at radius 2 is 2.17 bits per heavy atom. The Labute approximate surface area is 184 Å². The average Bonchev–Trinajstić information content (AvgIpc) is 3.33. The number of hydrogen-bond donors (Lipinski definition) is 1. The first kappa shape index (κ1) is 21.9. The summed E-state index contributed by atoms with van der Waals surface area (Å²) in [5, 5.41) is 12.7. The zero-order valence-corrected chi connectivity index (χ0v) is 18.8. The molecule has 0 spiro atoms. The van der Waals surface area contributed by atoms with E-state index < -0.39 is 5.56 Å². The lowest BCUT2D eigenvalue weighted by molar-refractivity contribution is -0.123. The second-order valence-corrected chi connectivity index (χ2v) is 8.66. The smallest absolute Gasteiger partial charge is 0.270 e. The van der Waals surface area contributed by atoms with Gasteiger partial charge in [0.15, 0.2) is 0 Å². The molecule has 2 aromatic heterocycles. The lowest BCUT2D eigenvalue weighted by atomic mass is 10.0. The number of nitrogens with one attached hydrogen (secondary N) is 1. The van der Waals surface area contributed by atoms with Crippen LogP contribution in [-0.2, 0) is 18.4 Å². The molecule has 3 rings (SSSR count). The summed E-state index contributed by atoms with van der Waals surface area (Å²) in [4.78, 5) is 27.7. The minimum Gasteiger partial charge on any atom is -0.467 e. The minimum atomic E-state index is -0.402. The van der Waals surface area contributed by atoms with Crippen molar-refractivity contribution in [3.63, 3.8) is 0 Å². The Balaban J connectivity index is 2.11. The van der Waals surface area contributed by atoms with Gasteiger partial charge in [0.25, 0.3) is 11.5 Å². The van der Waals surface area contributed by atoms with E-state index in [4.69, 9.17) is 16.6 Å². The number of amides is 1. The number of thioether (sulfide) groups is 1. The van der Waals surface area contributed by atoms with Crippen molar-refractivity contribution >= 4 is 46.1 Å². The van der Waals surface area contributed by atoms with Gasteiger partial charge in [0, 0.05) is 18.7 Å². The molecule has 156 valence electrons. The summed E-state index contributed by atoms with van der Waals surface area (Å²) in [7, 11) is 1.59. The molecule has 7 nitrogen and oxygen atoms in total. The van der Waals surface area contributed by atoms with E-state index in [0.717, 1.165) is 6.42 Å². The molecular weight excluding hydrogens is 420 g/mol. The Hall–Kier alpha value is -2.83. The molecule has 1 atom stereocenters. The molecule has 1 unspecified atom stereocenters. The summed E-state index contributed by atoms with van der Waals surface area (Å²) in [6.07, 6.45) is 4.07. The first-order chi connectivity index (χ1) is 14.3. The van der Waals surface area contributed by atoms with Crippen LogP contribution in [0.4, 0.5) is 5.82 Å². The third-order valence-corrected chi connectivity index (χ3v) is 6.47. The largest absolute Gasteiger partial charge is 0.467 e. The number of furan rings is 1. The van der Waals surface area contributed by atoms with E-state index in [1.165, 1.54) is 16.3 Å². The minimum absolute atomic E-state index is 0.00385. The molecule has 0 radical (unpaired) electrons. The summed E-state index contributed by atoms with van der Waals surface area (Å²) in [5.74, 6) is 1.03. The van der Waals surface area contributed by atoms with Crippen LogP contribution in [0.2, 0.25) is 0 Å². The summed E-state index contributed by atoms with van der Waals surface area (Å²) in [5.41, 5.74) is 0.757. The third kappa shape index (κ3) is 3.93. The highest BCUT2D eigenvalue weighted by molar-refractivity contribution is 8.26. The van der Waals surface area contributed by atoms with Crippen LogP contribution >= 0.6 is 24.0 Å². The predicted molar refractivity (Wildman–Crippen MR) is 122 cm³/mol. The molecular formula is C21H22N4O3S2. The van der Waals surface area contributed by atoms with Gasteiger partial charge in [0.1, 0.15) is 27.5 Å². The van der Waals surface area contributed by atoms with E-state index in [1.807, 2.05) is 26.0 Å². The van der Waals surface area contributed by atoms with Crippen molar-refractivity contribution in [1.29, 1.82) is 5.26 Å². The van der Waals surface area contributed by atoms with Gasteiger partial charge in [-0.25, -0.2) is 0 Å². The van der Waals surface area contributed by atoms with Crippen LogP contribution in [0, 0.1) is 18.3 Å². The molecule has 0 aromatic carbocycles. The molecule has 0 saturated carbocycles. The number of carbonyl (C=O) groups is 1. The maximum absolute atomic E-state index is 13.0. The Bertz CT molecular complexity index is 1130. The molecule has 1 saturated heterocycles. The van der Waals surface area contributed by atoms with Crippen molar-refractivity contribution in [2.75, 3.05) is 5.32 Å². The van der Waals surface area contributed by atoms with Gasteiger partial charge in [-0.05, 0) is 44.0 Å². The molecule has 3 heterocycles. The molecule has 1 fully saturated rings. The average molecular weight is 443 g/mol. The van der Waals surface area contributed by atoms with Gasteiger partial charge in [-0.1, -0.05) is 30.9 Å². The topological polar surface area (TPSA) is 91.3 Å². The fourth-order valence-electron chi connectivity index (χ4n) is 3.20. The summed E-state index contributed by atoms with van der Waals surface area (Å²) >= 11 is 6.64. The fraction of sp³-hybridized carbons (Fsp3) is 0.333. The number of anilines is 1. The monoisotopic (exact) mass is 442 g/mol. The lowest BCUT2D eigenvalue weighted by Crippen LogP contribution is -2.36. The number of hydrogen-bond acceptors (Lipinski definition) is 7. The first-order valence-electron chi connectivity index (χ1n) is 9.47. The van der Waals surface area contributed by atoms with E-state index in [-0.39, 0.29) is 17.5 Å². The lowest BCUT2D eigenvalue weighted by Gasteiger charge is -2.21. The Morgan fingerprint density at radius 1 is 1.43 bits per heavy atom. The van der Waals surface area contributed by atoms with E-state index in [0.29, 0.717) is 38.5 Å². The molecule has 0 aliphatic carbocycles. The summed E-state index contributed by atoms with van der Waals surface area (Å²) < 4.78 is 7.25. The van der Waals surface area contributed by atoms with Gasteiger partial charge < -0.3 is 9.73 Å². The molecule has 0 bridgehead atoms. The zero-order valence-electron chi connectivity index (χ0n) is 17.2. The van der Waals surface area contributed by atoms with E-state index in [9.17, 15) is 14.9 Å². The maximum Gasteiger partial charge on any atom is 0.270 e. The fourth-order valence-corrected chi connectivity index (χ4v) is 4.65. The van der Waals surface area contributed by atoms with Crippen molar-refractivity contribution in [3.8, 4) is 6.07 Å². The second-order valence-electron chi connectivity index (χ2n) is 6.98. The maximum atomic E-state index is 13.0. The number of nitriles is 1. The number of aromatic nitrogens is 1. The van der Waals surface area contributed by atoms with Gasteiger partial charge in [-0.3, -0.25) is 19.1 Å². The van der Waals surface area contributed by atoms with Crippen molar-refractivity contribution in [2.45, 2.75) is 39.8 Å². The van der Waals surface area contributed by atoms with E-state index in [1.54, 1.807) is 37.3 Å². The third-order valence-electron chi connectivity index (χ3n) is 5.14. The zero-order chi connectivity index (χ0) is 22.0. The molecule has 30 heavy (non-hydrogen) atoms. The van der Waals surface area contributed by atoms with Crippen LogP contribution in [-0.4, -0.2) is 25.7 Å². The molecule has 1 amide bonds. The van der Waals surface area contributed by atoms with E-state index >= 15 is 0 Å². The van der Waals surface area contributed by atoms with Crippen molar-refractivity contribution in [1.82, 2.24) is 9.47 Å². The van der Waals surface area contributed by atoms with Crippen LogP contribution in [0.25, 0.3) is 6.08 Å². The molecule has 1 N–H and O–H groups in total. The molecule has 9 heteroatoms. The Morgan fingerprint density at radius 3 is 2.77 bits per heavy atom. The normalized spacial score (nSPS) is 16.2. The van der Waals surface area contributed by atoms with Gasteiger partial charge in [-0.15, -0.1) is 0 Å². The van der Waals surface area contributed by atoms with Crippen LogP contribution in [0.5, 0.6) is 0 Å². The quantitative estimate of drug-likeness (QED) is 0.538. The van der Waals surface area contributed by atoms with Gasteiger partial charge in [-0.2, -0.15) is 5.26 Å². The molecule has 2 aromatic rings.